The predicted molar refractivity (Wildman–Crippen MR) is 85.6 cm³/mol. The molecule has 0 spiro atoms. The zero-order valence-corrected chi connectivity index (χ0v) is 13.8. The largest absolute Gasteiger partial charge is 0.331 e. The monoisotopic (exact) mass is 297 g/mol. The lowest BCUT2D eigenvalue weighted by Gasteiger charge is -2.35. The first kappa shape index (κ1) is 16.5. The van der Waals surface area contributed by atoms with Gasteiger partial charge in [0, 0.05) is 72.5 Å². The summed E-state index contributed by atoms with van der Waals surface area (Å²) in [6.07, 6.45) is 2.14. The predicted octanol–water partition coefficient (Wildman–Crippen LogP) is -0.0306. The van der Waals surface area contributed by atoms with Crippen LogP contribution in [0.15, 0.2) is 0 Å². The highest BCUT2D eigenvalue weighted by atomic mass is 16.2. The van der Waals surface area contributed by atoms with Gasteiger partial charge in [-0.25, -0.2) is 4.79 Å². The van der Waals surface area contributed by atoms with E-state index in [1.165, 1.54) is 26.2 Å². The summed E-state index contributed by atoms with van der Waals surface area (Å²) in [6.45, 7) is 8.71. The Morgan fingerprint density at radius 2 is 1.71 bits per heavy atom. The summed E-state index contributed by atoms with van der Waals surface area (Å²) in [4.78, 5) is 20.4. The van der Waals surface area contributed by atoms with Crippen LogP contribution >= 0.6 is 0 Å². The van der Waals surface area contributed by atoms with Crippen molar-refractivity contribution in [3.05, 3.63) is 0 Å². The SMILES string of the molecule is CN1CCN(CCNC2CCN(C(=O)N(C)C)CC2)CC1. The van der Waals surface area contributed by atoms with E-state index < -0.39 is 0 Å². The number of likely N-dealkylation sites (tertiary alicyclic amines) is 1. The van der Waals surface area contributed by atoms with Crippen molar-refractivity contribution in [1.29, 1.82) is 0 Å². The molecule has 122 valence electrons. The molecule has 2 aliphatic rings. The van der Waals surface area contributed by atoms with E-state index in [4.69, 9.17) is 0 Å². The minimum absolute atomic E-state index is 0.144. The van der Waals surface area contributed by atoms with E-state index in [0.717, 1.165) is 39.0 Å². The lowest BCUT2D eigenvalue weighted by Crippen LogP contribution is -2.50. The summed E-state index contributed by atoms with van der Waals surface area (Å²) in [5, 5.41) is 3.66. The molecule has 1 N–H and O–H groups in total. The second-order valence-electron chi connectivity index (χ2n) is 6.54. The summed E-state index contributed by atoms with van der Waals surface area (Å²) in [6, 6.07) is 0.717. The molecular formula is C15H31N5O. The maximum atomic E-state index is 11.9. The van der Waals surface area contributed by atoms with Crippen molar-refractivity contribution in [2.24, 2.45) is 0 Å². The Bertz CT molecular complexity index is 320. The van der Waals surface area contributed by atoms with Crippen LogP contribution in [0.25, 0.3) is 0 Å². The molecule has 2 amide bonds. The van der Waals surface area contributed by atoms with Crippen molar-refractivity contribution in [1.82, 2.24) is 24.9 Å². The van der Waals surface area contributed by atoms with Crippen LogP contribution in [-0.2, 0) is 0 Å². The summed E-state index contributed by atoms with van der Waals surface area (Å²) >= 11 is 0. The molecule has 6 heteroatoms. The fourth-order valence-corrected chi connectivity index (χ4v) is 3.06. The van der Waals surface area contributed by atoms with E-state index >= 15 is 0 Å². The molecule has 0 bridgehead atoms. The number of carbonyl (C=O) groups excluding carboxylic acids is 1. The van der Waals surface area contributed by atoms with Gasteiger partial charge in [0.25, 0.3) is 0 Å². The first-order valence-electron chi connectivity index (χ1n) is 8.17. The maximum absolute atomic E-state index is 11.9. The number of likely N-dealkylation sites (N-methyl/N-ethyl adjacent to an activating group) is 1. The van der Waals surface area contributed by atoms with E-state index in [0.29, 0.717) is 6.04 Å². The Hall–Kier alpha value is -0.850. The van der Waals surface area contributed by atoms with Gasteiger partial charge in [0.15, 0.2) is 0 Å². The maximum Gasteiger partial charge on any atom is 0.319 e. The molecule has 0 aromatic rings. The molecule has 0 saturated carbocycles. The fraction of sp³-hybridized carbons (Fsp3) is 0.933. The number of carbonyl (C=O) groups is 1. The third-order valence-electron chi connectivity index (χ3n) is 4.60. The van der Waals surface area contributed by atoms with Crippen LogP contribution in [0.4, 0.5) is 4.79 Å². The van der Waals surface area contributed by atoms with Gasteiger partial charge in [0.05, 0.1) is 0 Å². The second kappa shape index (κ2) is 7.96. The Morgan fingerprint density at radius 3 is 2.29 bits per heavy atom. The number of nitrogens with one attached hydrogen (secondary N) is 1. The average Bonchev–Trinajstić information content (AvgIpc) is 2.49. The van der Waals surface area contributed by atoms with E-state index in [-0.39, 0.29) is 6.03 Å². The smallest absolute Gasteiger partial charge is 0.319 e. The molecule has 0 unspecified atom stereocenters. The highest BCUT2D eigenvalue weighted by Gasteiger charge is 2.23. The van der Waals surface area contributed by atoms with E-state index in [1.54, 1.807) is 4.90 Å². The molecule has 0 aromatic carbocycles. The van der Waals surface area contributed by atoms with E-state index in [2.05, 4.69) is 22.2 Å². The first-order valence-corrected chi connectivity index (χ1v) is 8.17. The highest BCUT2D eigenvalue weighted by molar-refractivity contribution is 5.73. The molecule has 21 heavy (non-hydrogen) atoms. The van der Waals surface area contributed by atoms with Gasteiger partial charge in [-0.2, -0.15) is 0 Å². The Labute approximate surface area is 129 Å². The molecule has 2 heterocycles. The van der Waals surface area contributed by atoms with Crippen LogP contribution in [0.2, 0.25) is 0 Å². The highest BCUT2D eigenvalue weighted by Crippen LogP contribution is 2.11. The number of urea groups is 1. The van der Waals surface area contributed by atoms with Crippen LogP contribution in [0.5, 0.6) is 0 Å². The lowest BCUT2D eigenvalue weighted by molar-refractivity contribution is 0.143. The zero-order valence-electron chi connectivity index (χ0n) is 13.8. The minimum Gasteiger partial charge on any atom is -0.331 e. The van der Waals surface area contributed by atoms with Crippen molar-refractivity contribution in [2.45, 2.75) is 18.9 Å². The van der Waals surface area contributed by atoms with Gasteiger partial charge in [-0.3, -0.25) is 4.90 Å². The lowest BCUT2D eigenvalue weighted by atomic mass is 10.1. The van der Waals surface area contributed by atoms with Crippen molar-refractivity contribution in [3.8, 4) is 0 Å². The number of hydrogen-bond acceptors (Lipinski definition) is 4. The molecule has 0 radical (unpaired) electrons. The van der Waals surface area contributed by atoms with Gasteiger partial charge in [0.2, 0.25) is 0 Å². The molecule has 0 atom stereocenters. The quantitative estimate of drug-likeness (QED) is 0.791. The summed E-state index contributed by atoms with van der Waals surface area (Å²) in [7, 11) is 5.84. The Kier molecular flexibility index (Phi) is 6.26. The van der Waals surface area contributed by atoms with E-state index in [9.17, 15) is 4.79 Å². The molecule has 2 fully saturated rings. The zero-order chi connectivity index (χ0) is 15.2. The molecule has 6 nitrogen and oxygen atoms in total. The van der Waals surface area contributed by atoms with Crippen LogP contribution in [0.3, 0.4) is 0 Å². The number of nitrogens with zero attached hydrogens (tertiary/aromatic N) is 4. The number of piperidine rings is 1. The van der Waals surface area contributed by atoms with Crippen molar-refractivity contribution < 1.29 is 4.79 Å². The molecular weight excluding hydrogens is 266 g/mol. The number of piperazine rings is 1. The topological polar surface area (TPSA) is 42.1 Å². The third-order valence-corrected chi connectivity index (χ3v) is 4.60. The molecule has 0 aromatic heterocycles. The number of hydrogen-bond donors (Lipinski definition) is 1. The standard InChI is InChI=1S/C15H31N5O/c1-17(2)15(21)20-7-4-14(5-8-20)16-6-9-19-12-10-18(3)11-13-19/h14,16H,4-13H2,1-3H3. The van der Waals surface area contributed by atoms with Gasteiger partial charge < -0.3 is 20.0 Å². The van der Waals surface area contributed by atoms with Gasteiger partial charge in [-0.1, -0.05) is 0 Å². The van der Waals surface area contributed by atoms with Crippen molar-refractivity contribution >= 4 is 6.03 Å². The Balaban J connectivity index is 1.58. The van der Waals surface area contributed by atoms with Crippen molar-refractivity contribution in [2.75, 3.05) is 73.5 Å². The molecule has 2 rings (SSSR count). The number of amides is 2. The van der Waals surface area contributed by atoms with Gasteiger partial charge in [-0.15, -0.1) is 0 Å². The van der Waals surface area contributed by atoms with Gasteiger partial charge in [0.1, 0.15) is 0 Å². The van der Waals surface area contributed by atoms with Crippen LogP contribution in [-0.4, -0.2) is 105 Å². The Morgan fingerprint density at radius 1 is 1.10 bits per heavy atom. The second-order valence-corrected chi connectivity index (χ2v) is 6.54. The van der Waals surface area contributed by atoms with Crippen LogP contribution < -0.4 is 5.32 Å². The van der Waals surface area contributed by atoms with Crippen LogP contribution in [0.1, 0.15) is 12.8 Å². The first-order chi connectivity index (χ1) is 10.1. The fourth-order valence-electron chi connectivity index (χ4n) is 3.06. The molecule has 2 saturated heterocycles. The molecule has 2 aliphatic heterocycles. The summed E-state index contributed by atoms with van der Waals surface area (Å²) in [5.41, 5.74) is 0. The van der Waals surface area contributed by atoms with Gasteiger partial charge >= 0.3 is 6.03 Å². The van der Waals surface area contributed by atoms with Crippen LogP contribution in [0, 0.1) is 0 Å². The average molecular weight is 297 g/mol. The number of rotatable bonds is 4. The van der Waals surface area contributed by atoms with Gasteiger partial charge in [-0.05, 0) is 19.9 Å². The third kappa shape index (κ3) is 5.13. The molecule has 0 aliphatic carbocycles. The van der Waals surface area contributed by atoms with Crippen molar-refractivity contribution in [3.63, 3.8) is 0 Å². The van der Waals surface area contributed by atoms with E-state index in [1.807, 2.05) is 19.0 Å². The normalized spacial score (nSPS) is 22.5. The summed E-state index contributed by atoms with van der Waals surface area (Å²) < 4.78 is 0. The minimum atomic E-state index is 0.144. The summed E-state index contributed by atoms with van der Waals surface area (Å²) in [5.74, 6) is 0.